The fourth-order valence-corrected chi connectivity index (χ4v) is 5.01. The van der Waals surface area contributed by atoms with Gasteiger partial charge in [0.05, 0.1) is 36.9 Å². The van der Waals surface area contributed by atoms with Crippen LogP contribution in [0.3, 0.4) is 0 Å². The molecule has 1 aliphatic rings. The van der Waals surface area contributed by atoms with Gasteiger partial charge in [-0.15, -0.1) is 11.3 Å². The summed E-state index contributed by atoms with van der Waals surface area (Å²) in [4.78, 5) is 15.7. The minimum Gasteiger partial charge on any atom is -0.493 e. The van der Waals surface area contributed by atoms with E-state index in [2.05, 4.69) is 28.0 Å². The Hall–Kier alpha value is -3.52. The van der Waals surface area contributed by atoms with Crippen LogP contribution in [0.15, 0.2) is 53.9 Å². The van der Waals surface area contributed by atoms with E-state index in [4.69, 9.17) is 24.2 Å². The molecule has 0 atom stereocenters. The van der Waals surface area contributed by atoms with E-state index in [9.17, 15) is 0 Å². The first-order chi connectivity index (χ1) is 16.7. The van der Waals surface area contributed by atoms with Crippen LogP contribution in [0, 0.1) is 0 Å². The topological polar surface area (TPSA) is 60.0 Å². The summed E-state index contributed by atoms with van der Waals surface area (Å²) in [6.45, 7) is 6.09. The average molecular weight is 477 g/mol. The monoisotopic (exact) mass is 476 g/mol. The van der Waals surface area contributed by atoms with E-state index in [0.717, 1.165) is 65.0 Å². The number of aromatic nitrogens is 2. The smallest absolute Gasteiger partial charge is 0.172 e. The number of benzene rings is 2. The third-order valence-corrected chi connectivity index (χ3v) is 6.87. The number of anilines is 2. The van der Waals surface area contributed by atoms with Crippen molar-refractivity contribution in [3.63, 3.8) is 0 Å². The standard InChI is InChI=1S/C26H28N4O3S/c1-4-33-21-9-6-5-8-20(21)29-11-13-30(14-12-29)26-18-16-22(31-2)23(32-3)17-19(18)27-25(28-26)24-10-7-15-34-24/h5-10,15-17H,4,11-14H2,1-3H3. The van der Waals surface area contributed by atoms with Gasteiger partial charge in [0.1, 0.15) is 11.6 Å². The highest BCUT2D eigenvalue weighted by Crippen LogP contribution is 2.38. The third-order valence-electron chi connectivity index (χ3n) is 6.01. The van der Waals surface area contributed by atoms with Gasteiger partial charge in [0.15, 0.2) is 17.3 Å². The highest BCUT2D eigenvalue weighted by atomic mass is 32.1. The molecule has 1 aliphatic heterocycles. The minimum atomic E-state index is 0.653. The molecule has 34 heavy (non-hydrogen) atoms. The summed E-state index contributed by atoms with van der Waals surface area (Å²) < 4.78 is 17.0. The molecule has 0 unspecified atom stereocenters. The number of thiophene rings is 1. The van der Waals surface area contributed by atoms with Crippen molar-refractivity contribution >= 4 is 33.7 Å². The quantitative estimate of drug-likeness (QED) is 0.368. The second-order valence-corrected chi connectivity index (χ2v) is 8.89. The molecule has 0 N–H and O–H groups in total. The molecule has 1 saturated heterocycles. The molecule has 0 spiro atoms. The summed E-state index contributed by atoms with van der Waals surface area (Å²) >= 11 is 1.64. The zero-order valence-corrected chi connectivity index (χ0v) is 20.5. The van der Waals surface area contributed by atoms with E-state index < -0.39 is 0 Å². The van der Waals surface area contributed by atoms with Crippen molar-refractivity contribution in [3.05, 3.63) is 53.9 Å². The number of fused-ring (bicyclic) bond motifs is 1. The zero-order chi connectivity index (χ0) is 23.5. The summed E-state index contributed by atoms with van der Waals surface area (Å²) in [5, 5.41) is 3.01. The molecule has 1 fully saturated rings. The van der Waals surface area contributed by atoms with Gasteiger partial charge >= 0.3 is 0 Å². The largest absolute Gasteiger partial charge is 0.493 e. The molecule has 0 radical (unpaired) electrons. The molecule has 0 bridgehead atoms. The first-order valence-electron chi connectivity index (χ1n) is 11.4. The van der Waals surface area contributed by atoms with Crippen molar-refractivity contribution in [2.45, 2.75) is 6.92 Å². The lowest BCUT2D eigenvalue weighted by molar-refractivity contribution is 0.340. The van der Waals surface area contributed by atoms with E-state index in [1.807, 2.05) is 42.6 Å². The van der Waals surface area contributed by atoms with Gasteiger partial charge < -0.3 is 24.0 Å². The van der Waals surface area contributed by atoms with Gasteiger partial charge in [-0.1, -0.05) is 18.2 Å². The molecule has 3 heterocycles. The van der Waals surface area contributed by atoms with Crippen molar-refractivity contribution in [2.24, 2.45) is 0 Å². The maximum atomic E-state index is 5.86. The van der Waals surface area contributed by atoms with Crippen LogP contribution in [0.5, 0.6) is 17.2 Å². The number of hydrogen-bond acceptors (Lipinski definition) is 8. The second-order valence-electron chi connectivity index (χ2n) is 7.95. The average Bonchev–Trinajstić information content (AvgIpc) is 3.43. The van der Waals surface area contributed by atoms with Gasteiger partial charge in [-0.2, -0.15) is 0 Å². The van der Waals surface area contributed by atoms with Gasteiger partial charge in [-0.25, -0.2) is 9.97 Å². The molecule has 0 amide bonds. The fourth-order valence-electron chi connectivity index (χ4n) is 4.35. The Morgan fingerprint density at radius 3 is 2.29 bits per heavy atom. The number of methoxy groups -OCH3 is 2. The molecule has 0 aliphatic carbocycles. The van der Waals surface area contributed by atoms with Crippen LogP contribution in [0.25, 0.3) is 21.6 Å². The molecular formula is C26H28N4O3S. The van der Waals surface area contributed by atoms with Gasteiger partial charge in [0, 0.05) is 37.6 Å². The maximum Gasteiger partial charge on any atom is 0.172 e. The van der Waals surface area contributed by atoms with Crippen molar-refractivity contribution in [2.75, 3.05) is 56.8 Å². The third kappa shape index (κ3) is 4.21. The number of piperazine rings is 1. The lowest BCUT2D eigenvalue weighted by Crippen LogP contribution is -2.47. The van der Waals surface area contributed by atoms with Crippen LogP contribution >= 0.6 is 11.3 Å². The normalized spacial score (nSPS) is 13.9. The minimum absolute atomic E-state index is 0.653. The number of ether oxygens (including phenoxy) is 3. The number of nitrogens with zero attached hydrogens (tertiary/aromatic N) is 4. The van der Waals surface area contributed by atoms with Crippen molar-refractivity contribution in [1.82, 2.24) is 9.97 Å². The van der Waals surface area contributed by atoms with Crippen molar-refractivity contribution in [1.29, 1.82) is 0 Å². The van der Waals surface area contributed by atoms with E-state index in [0.29, 0.717) is 18.1 Å². The van der Waals surface area contributed by atoms with Crippen LogP contribution in [0.1, 0.15) is 6.92 Å². The predicted octanol–water partition coefficient (Wildman–Crippen LogP) is 5.10. The molecule has 0 saturated carbocycles. The lowest BCUT2D eigenvalue weighted by atomic mass is 10.1. The molecular weight excluding hydrogens is 448 g/mol. The van der Waals surface area contributed by atoms with Crippen molar-refractivity contribution in [3.8, 4) is 28.0 Å². The highest BCUT2D eigenvalue weighted by Gasteiger charge is 2.24. The molecule has 176 valence electrons. The first kappa shape index (κ1) is 22.3. The van der Waals surface area contributed by atoms with Gasteiger partial charge in [0.2, 0.25) is 0 Å². The maximum absolute atomic E-state index is 5.86. The van der Waals surface area contributed by atoms with E-state index in [1.54, 1.807) is 25.6 Å². The summed E-state index contributed by atoms with van der Waals surface area (Å²) in [6.07, 6.45) is 0. The molecule has 4 aromatic rings. The number of hydrogen-bond donors (Lipinski definition) is 0. The van der Waals surface area contributed by atoms with Crippen LogP contribution < -0.4 is 24.0 Å². The second kappa shape index (κ2) is 9.77. The van der Waals surface area contributed by atoms with Gasteiger partial charge in [-0.05, 0) is 36.6 Å². The Bertz CT molecular complexity index is 1270. The van der Waals surface area contributed by atoms with Crippen LogP contribution in [-0.2, 0) is 0 Å². The zero-order valence-electron chi connectivity index (χ0n) is 19.7. The van der Waals surface area contributed by atoms with Gasteiger partial charge in [0.25, 0.3) is 0 Å². The van der Waals surface area contributed by atoms with E-state index >= 15 is 0 Å². The predicted molar refractivity (Wildman–Crippen MR) is 138 cm³/mol. The summed E-state index contributed by atoms with van der Waals surface area (Å²) in [5.74, 6) is 3.92. The Labute approximate surface area is 203 Å². The lowest BCUT2D eigenvalue weighted by Gasteiger charge is -2.37. The first-order valence-corrected chi connectivity index (χ1v) is 12.3. The molecule has 2 aromatic heterocycles. The summed E-state index contributed by atoms with van der Waals surface area (Å²) in [7, 11) is 3.30. The molecule has 5 rings (SSSR count). The van der Waals surface area contributed by atoms with E-state index in [-0.39, 0.29) is 0 Å². The van der Waals surface area contributed by atoms with Crippen LogP contribution in [0.2, 0.25) is 0 Å². The Balaban J connectivity index is 1.51. The Morgan fingerprint density at radius 1 is 0.853 bits per heavy atom. The van der Waals surface area contributed by atoms with E-state index in [1.165, 1.54) is 0 Å². The number of para-hydroxylation sites is 2. The summed E-state index contributed by atoms with van der Waals surface area (Å²) in [5.41, 5.74) is 1.98. The Kier molecular flexibility index (Phi) is 6.40. The molecule has 2 aromatic carbocycles. The molecule has 8 heteroatoms. The Morgan fingerprint density at radius 2 is 1.59 bits per heavy atom. The highest BCUT2D eigenvalue weighted by molar-refractivity contribution is 7.13. The van der Waals surface area contributed by atoms with Crippen LogP contribution in [-0.4, -0.2) is 57.0 Å². The fraction of sp³-hybridized carbons (Fsp3) is 0.308. The van der Waals surface area contributed by atoms with Crippen molar-refractivity contribution < 1.29 is 14.2 Å². The van der Waals surface area contributed by atoms with Gasteiger partial charge in [-0.3, -0.25) is 0 Å². The molecule has 7 nitrogen and oxygen atoms in total. The van der Waals surface area contributed by atoms with Crippen LogP contribution in [0.4, 0.5) is 11.5 Å². The SMILES string of the molecule is CCOc1ccccc1N1CCN(c2nc(-c3cccs3)nc3cc(OC)c(OC)cc23)CC1. The number of rotatable bonds is 7. The summed E-state index contributed by atoms with van der Waals surface area (Å²) in [6, 6.07) is 16.3.